The predicted molar refractivity (Wildman–Crippen MR) is 103 cm³/mol. The second-order valence-corrected chi connectivity index (χ2v) is 7.73. The molecule has 6 heteroatoms. The number of carbonyl (C=O) groups is 1. The molecule has 1 aromatic carbocycles. The average molecular weight is 362 g/mol. The fourth-order valence-electron chi connectivity index (χ4n) is 3.12. The van der Waals surface area contributed by atoms with Crippen LogP contribution < -0.4 is 0 Å². The number of carbonyl (C=O) groups excluding carboxylic acids is 1. The molecule has 0 unspecified atom stereocenters. The number of hydrogen-bond donors (Lipinski definition) is 0. The molecule has 0 spiro atoms. The molecule has 1 amide bonds. The first kappa shape index (κ1) is 17.4. The minimum absolute atomic E-state index is 0.305. The quantitative estimate of drug-likeness (QED) is 0.655. The Hall–Kier alpha value is -3.02. The van der Waals surface area contributed by atoms with Crippen molar-refractivity contribution in [1.82, 2.24) is 19.9 Å². The molecule has 6 nitrogen and oxygen atoms in total. The molecule has 1 aliphatic rings. The summed E-state index contributed by atoms with van der Waals surface area (Å²) < 4.78 is 5.49. The van der Waals surface area contributed by atoms with Crippen molar-refractivity contribution in [1.29, 1.82) is 0 Å². The number of benzene rings is 1. The Kier molecular flexibility index (Phi) is 4.26. The van der Waals surface area contributed by atoms with E-state index in [1.165, 1.54) is 0 Å². The summed E-state index contributed by atoms with van der Waals surface area (Å²) in [5.74, 6) is 0.623. The molecule has 4 rings (SSSR count). The molecule has 0 saturated carbocycles. The first-order chi connectivity index (χ1) is 12.9. The summed E-state index contributed by atoms with van der Waals surface area (Å²) >= 11 is 0. The molecule has 3 heterocycles. The monoisotopic (exact) mass is 362 g/mol. The van der Waals surface area contributed by atoms with Gasteiger partial charge in [-0.05, 0) is 44.9 Å². The van der Waals surface area contributed by atoms with Crippen molar-refractivity contribution in [3.63, 3.8) is 0 Å². The van der Waals surface area contributed by atoms with Crippen LogP contribution in [0.15, 0.2) is 42.7 Å². The molecule has 0 radical (unpaired) electrons. The third-order valence-electron chi connectivity index (χ3n) is 4.45. The average Bonchev–Trinajstić information content (AvgIpc) is 2.65. The number of para-hydroxylation sites is 1. The number of rotatable bonds is 1. The van der Waals surface area contributed by atoms with E-state index < -0.39 is 5.60 Å². The smallest absolute Gasteiger partial charge is 0.410 e. The van der Waals surface area contributed by atoms with Gasteiger partial charge in [0.15, 0.2) is 5.82 Å². The molecule has 0 bridgehead atoms. The fraction of sp³-hybridized carbons (Fsp3) is 0.333. The Morgan fingerprint density at radius 3 is 2.78 bits per heavy atom. The van der Waals surface area contributed by atoms with Crippen LogP contribution in [0.1, 0.15) is 32.0 Å². The summed E-state index contributed by atoms with van der Waals surface area (Å²) in [4.78, 5) is 27.8. The third-order valence-corrected chi connectivity index (χ3v) is 4.45. The van der Waals surface area contributed by atoms with E-state index in [9.17, 15) is 4.79 Å². The van der Waals surface area contributed by atoms with Crippen LogP contribution in [0.2, 0.25) is 0 Å². The lowest BCUT2D eigenvalue weighted by Crippen LogP contribution is -2.40. The van der Waals surface area contributed by atoms with Gasteiger partial charge < -0.3 is 9.64 Å². The van der Waals surface area contributed by atoms with Crippen molar-refractivity contribution in [2.45, 2.75) is 39.3 Å². The van der Waals surface area contributed by atoms with Crippen molar-refractivity contribution in [3.05, 3.63) is 54.0 Å². The summed E-state index contributed by atoms with van der Waals surface area (Å²) in [7, 11) is 0. The first-order valence-electron chi connectivity index (χ1n) is 9.07. The zero-order valence-electron chi connectivity index (χ0n) is 15.8. The minimum atomic E-state index is -0.509. The van der Waals surface area contributed by atoms with Gasteiger partial charge in [0.1, 0.15) is 5.60 Å². The zero-order valence-corrected chi connectivity index (χ0v) is 15.8. The van der Waals surface area contributed by atoms with E-state index in [4.69, 9.17) is 9.72 Å². The topological polar surface area (TPSA) is 68.2 Å². The zero-order chi connectivity index (χ0) is 19.0. The summed E-state index contributed by atoms with van der Waals surface area (Å²) in [6, 6.07) is 9.99. The summed E-state index contributed by atoms with van der Waals surface area (Å²) in [5.41, 5.74) is 3.24. The van der Waals surface area contributed by atoms with E-state index >= 15 is 0 Å². The lowest BCUT2D eigenvalue weighted by atomic mass is 10.1. The molecule has 0 saturated heterocycles. The minimum Gasteiger partial charge on any atom is -0.444 e. The highest BCUT2D eigenvalue weighted by Gasteiger charge is 2.26. The van der Waals surface area contributed by atoms with Crippen molar-refractivity contribution < 1.29 is 9.53 Å². The molecular weight excluding hydrogens is 340 g/mol. The van der Waals surface area contributed by atoms with Crippen LogP contribution in [0.25, 0.3) is 22.3 Å². The van der Waals surface area contributed by atoms with Crippen LogP contribution in [-0.4, -0.2) is 38.1 Å². The van der Waals surface area contributed by atoms with E-state index in [0.29, 0.717) is 18.9 Å². The molecule has 0 aliphatic carbocycles. The van der Waals surface area contributed by atoms with E-state index in [2.05, 4.69) is 9.97 Å². The Bertz CT molecular complexity index is 1010. The van der Waals surface area contributed by atoms with Gasteiger partial charge in [-0.25, -0.2) is 14.8 Å². The third kappa shape index (κ3) is 3.74. The van der Waals surface area contributed by atoms with Crippen LogP contribution in [0.3, 0.4) is 0 Å². The number of nitrogens with zero attached hydrogens (tertiary/aromatic N) is 4. The van der Waals surface area contributed by atoms with E-state index in [-0.39, 0.29) is 6.09 Å². The Morgan fingerprint density at radius 1 is 1.15 bits per heavy atom. The molecule has 27 heavy (non-hydrogen) atoms. The van der Waals surface area contributed by atoms with Crippen molar-refractivity contribution in [3.8, 4) is 11.4 Å². The molecule has 3 aromatic rings. The summed E-state index contributed by atoms with van der Waals surface area (Å²) in [5, 5.41) is 1.05. The fourth-order valence-corrected chi connectivity index (χ4v) is 3.12. The maximum Gasteiger partial charge on any atom is 0.410 e. The summed E-state index contributed by atoms with van der Waals surface area (Å²) in [6.45, 7) is 6.66. The highest BCUT2D eigenvalue weighted by atomic mass is 16.6. The molecular formula is C21H22N4O2. The molecule has 0 fully saturated rings. The number of ether oxygens (including phenoxy) is 1. The van der Waals surface area contributed by atoms with Gasteiger partial charge in [-0.2, -0.15) is 0 Å². The van der Waals surface area contributed by atoms with Crippen LogP contribution in [0.4, 0.5) is 4.79 Å². The van der Waals surface area contributed by atoms with Crippen LogP contribution in [0.5, 0.6) is 0 Å². The predicted octanol–water partition coefficient (Wildman–Crippen LogP) is 3.99. The molecule has 0 atom stereocenters. The molecule has 2 aromatic heterocycles. The highest BCUT2D eigenvalue weighted by Crippen LogP contribution is 2.24. The number of hydrogen-bond acceptors (Lipinski definition) is 5. The highest BCUT2D eigenvalue weighted by molar-refractivity contribution is 5.82. The van der Waals surface area contributed by atoms with Gasteiger partial charge in [0, 0.05) is 29.9 Å². The largest absolute Gasteiger partial charge is 0.444 e. The Labute approximate surface area is 158 Å². The second-order valence-electron chi connectivity index (χ2n) is 7.73. The van der Waals surface area contributed by atoms with Gasteiger partial charge in [0.05, 0.1) is 17.8 Å². The standard InChI is InChI=1S/C21H22N4O2/c1-21(2,3)27-20(26)25-9-8-15-11-23-19(24-18(15)13-25)16-10-14-6-4-5-7-17(14)22-12-16/h4-7,10-12H,8-9,13H2,1-3H3. The Balaban J connectivity index is 1.61. The van der Waals surface area contributed by atoms with Gasteiger partial charge in [-0.1, -0.05) is 18.2 Å². The van der Waals surface area contributed by atoms with Gasteiger partial charge in [-0.15, -0.1) is 0 Å². The van der Waals surface area contributed by atoms with Crippen molar-refractivity contribution in [2.24, 2.45) is 0 Å². The van der Waals surface area contributed by atoms with Crippen LogP contribution >= 0.6 is 0 Å². The van der Waals surface area contributed by atoms with Gasteiger partial charge in [0.25, 0.3) is 0 Å². The van der Waals surface area contributed by atoms with Gasteiger partial charge in [0.2, 0.25) is 0 Å². The number of aromatic nitrogens is 3. The molecule has 138 valence electrons. The number of amides is 1. The van der Waals surface area contributed by atoms with E-state index in [1.54, 1.807) is 11.1 Å². The van der Waals surface area contributed by atoms with Crippen molar-refractivity contribution in [2.75, 3.05) is 6.54 Å². The van der Waals surface area contributed by atoms with E-state index in [0.717, 1.165) is 34.1 Å². The van der Waals surface area contributed by atoms with Gasteiger partial charge in [-0.3, -0.25) is 4.98 Å². The van der Waals surface area contributed by atoms with E-state index in [1.807, 2.05) is 57.3 Å². The van der Waals surface area contributed by atoms with Crippen LogP contribution in [0, 0.1) is 0 Å². The van der Waals surface area contributed by atoms with Crippen molar-refractivity contribution >= 4 is 17.0 Å². The summed E-state index contributed by atoms with van der Waals surface area (Å²) in [6.07, 6.45) is 4.07. The maximum absolute atomic E-state index is 12.4. The van der Waals surface area contributed by atoms with Gasteiger partial charge >= 0.3 is 6.09 Å². The number of fused-ring (bicyclic) bond motifs is 2. The maximum atomic E-state index is 12.4. The lowest BCUT2D eigenvalue weighted by Gasteiger charge is -2.30. The normalized spacial score (nSPS) is 14.1. The Morgan fingerprint density at radius 2 is 1.96 bits per heavy atom. The molecule has 0 N–H and O–H groups in total. The lowest BCUT2D eigenvalue weighted by molar-refractivity contribution is 0.0220. The number of pyridine rings is 1. The second kappa shape index (κ2) is 6.61. The SMILES string of the molecule is CC(C)(C)OC(=O)N1CCc2cnc(-c3cnc4ccccc4c3)nc2C1. The molecule has 1 aliphatic heterocycles. The van der Waals surface area contributed by atoms with Crippen LogP contribution in [-0.2, 0) is 17.7 Å². The first-order valence-corrected chi connectivity index (χ1v) is 9.07.